The zero-order valence-corrected chi connectivity index (χ0v) is 7.82. The SMILES string of the molecule is CC1=CC(OO)C(C(C)C)C=C1. The molecule has 1 rings (SSSR count). The largest absolute Gasteiger partial charge is 0.251 e. The summed E-state index contributed by atoms with van der Waals surface area (Å²) in [6.07, 6.45) is 5.95. The van der Waals surface area contributed by atoms with E-state index in [1.807, 2.05) is 13.0 Å². The molecule has 1 aliphatic carbocycles. The van der Waals surface area contributed by atoms with Crippen LogP contribution in [0, 0.1) is 11.8 Å². The molecule has 1 aliphatic rings. The fourth-order valence-electron chi connectivity index (χ4n) is 1.50. The third-order valence-electron chi connectivity index (χ3n) is 2.28. The molecule has 2 heteroatoms. The molecule has 2 atom stereocenters. The molecule has 0 aromatic rings. The van der Waals surface area contributed by atoms with Gasteiger partial charge in [-0.1, -0.05) is 31.6 Å². The Balaban J connectivity index is 2.73. The van der Waals surface area contributed by atoms with E-state index in [0.29, 0.717) is 11.8 Å². The summed E-state index contributed by atoms with van der Waals surface area (Å²) in [6, 6.07) is 0. The molecule has 0 aromatic heterocycles. The second-order valence-corrected chi connectivity index (χ2v) is 3.66. The first-order valence-electron chi connectivity index (χ1n) is 4.32. The molecular weight excluding hydrogens is 152 g/mol. The smallest absolute Gasteiger partial charge is 0.118 e. The van der Waals surface area contributed by atoms with Gasteiger partial charge in [-0.15, -0.1) is 0 Å². The van der Waals surface area contributed by atoms with Crippen molar-refractivity contribution in [3.63, 3.8) is 0 Å². The van der Waals surface area contributed by atoms with E-state index in [0.717, 1.165) is 5.57 Å². The van der Waals surface area contributed by atoms with E-state index in [2.05, 4.69) is 30.9 Å². The van der Waals surface area contributed by atoms with Crippen molar-refractivity contribution in [2.75, 3.05) is 0 Å². The first-order valence-corrected chi connectivity index (χ1v) is 4.32. The van der Waals surface area contributed by atoms with Crippen LogP contribution in [0.5, 0.6) is 0 Å². The summed E-state index contributed by atoms with van der Waals surface area (Å²) < 4.78 is 0. The molecule has 0 radical (unpaired) electrons. The molecule has 0 spiro atoms. The molecule has 12 heavy (non-hydrogen) atoms. The van der Waals surface area contributed by atoms with Crippen molar-refractivity contribution >= 4 is 0 Å². The van der Waals surface area contributed by atoms with Crippen LogP contribution in [-0.2, 0) is 4.89 Å². The van der Waals surface area contributed by atoms with Crippen LogP contribution in [0.3, 0.4) is 0 Å². The van der Waals surface area contributed by atoms with Crippen molar-refractivity contribution in [3.05, 3.63) is 23.8 Å². The van der Waals surface area contributed by atoms with Crippen LogP contribution < -0.4 is 0 Å². The first-order chi connectivity index (χ1) is 5.65. The summed E-state index contributed by atoms with van der Waals surface area (Å²) in [5.74, 6) is 0.779. The average molecular weight is 168 g/mol. The monoisotopic (exact) mass is 168 g/mol. The van der Waals surface area contributed by atoms with Gasteiger partial charge in [-0.05, 0) is 18.9 Å². The minimum atomic E-state index is -0.171. The summed E-state index contributed by atoms with van der Waals surface area (Å²) in [5, 5.41) is 8.65. The lowest BCUT2D eigenvalue weighted by molar-refractivity contribution is -0.276. The molecular formula is C10H16O2. The second kappa shape index (κ2) is 3.87. The van der Waals surface area contributed by atoms with Gasteiger partial charge >= 0.3 is 0 Å². The molecule has 0 heterocycles. The maximum absolute atomic E-state index is 8.65. The minimum Gasteiger partial charge on any atom is -0.251 e. The van der Waals surface area contributed by atoms with Gasteiger partial charge in [-0.25, -0.2) is 4.89 Å². The molecule has 0 aliphatic heterocycles. The maximum atomic E-state index is 8.65. The number of rotatable bonds is 2. The van der Waals surface area contributed by atoms with Crippen LogP contribution in [0.25, 0.3) is 0 Å². The molecule has 0 fully saturated rings. The Labute approximate surface area is 73.5 Å². The van der Waals surface area contributed by atoms with Gasteiger partial charge in [0, 0.05) is 5.92 Å². The molecule has 68 valence electrons. The van der Waals surface area contributed by atoms with Crippen molar-refractivity contribution in [2.24, 2.45) is 11.8 Å². The topological polar surface area (TPSA) is 29.5 Å². The van der Waals surface area contributed by atoms with Gasteiger partial charge in [-0.3, -0.25) is 5.26 Å². The molecule has 0 aromatic carbocycles. The van der Waals surface area contributed by atoms with Crippen molar-refractivity contribution in [2.45, 2.75) is 26.9 Å². The van der Waals surface area contributed by atoms with Gasteiger partial charge in [0.15, 0.2) is 0 Å². The molecule has 2 unspecified atom stereocenters. The highest BCUT2D eigenvalue weighted by molar-refractivity contribution is 5.24. The normalized spacial score (nSPS) is 29.2. The van der Waals surface area contributed by atoms with E-state index in [-0.39, 0.29) is 6.10 Å². The van der Waals surface area contributed by atoms with E-state index in [9.17, 15) is 0 Å². The number of allylic oxidation sites excluding steroid dienone is 2. The summed E-state index contributed by atoms with van der Waals surface area (Å²) in [5.41, 5.74) is 1.14. The van der Waals surface area contributed by atoms with Crippen molar-refractivity contribution in [1.82, 2.24) is 0 Å². The van der Waals surface area contributed by atoms with Crippen LogP contribution in [0.4, 0.5) is 0 Å². The third-order valence-corrected chi connectivity index (χ3v) is 2.28. The van der Waals surface area contributed by atoms with Crippen LogP contribution in [0.15, 0.2) is 23.8 Å². The summed E-state index contributed by atoms with van der Waals surface area (Å²) in [4.78, 5) is 4.41. The standard InChI is InChI=1S/C10H16O2/c1-7(2)9-5-4-8(3)6-10(9)12-11/h4-7,9-11H,1-3H3. The van der Waals surface area contributed by atoms with Gasteiger partial charge in [0.05, 0.1) is 0 Å². The zero-order valence-electron chi connectivity index (χ0n) is 7.82. The van der Waals surface area contributed by atoms with E-state index in [1.54, 1.807) is 0 Å². The predicted octanol–water partition coefficient (Wildman–Crippen LogP) is 2.63. The van der Waals surface area contributed by atoms with E-state index < -0.39 is 0 Å². The van der Waals surface area contributed by atoms with Crippen molar-refractivity contribution in [3.8, 4) is 0 Å². The zero-order chi connectivity index (χ0) is 9.14. The van der Waals surface area contributed by atoms with E-state index in [4.69, 9.17) is 5.26 Å². The second-order valence-electron chi connectivity index (χ2n) is 3.66. The van der Waals surface area contributed by atoms with Gasteiger partial charge in [0.1, 0.15) is 6.10 Å². The first kappa shape index (κ1) is 9.49. The maximum Gasteiger partial charge on any atom is 0.118 e. The lowest BCUT2D eigenvalue weighted by Gasteiger charge is -2.25. The molecule has 1 N–H and O–H groups in total. The Morgan fingerprint density at radius 1 is 1.50 bits per heavy atom. The van der Waals surface area contributed by atoms with Crippen molar-refractivity contribution < 1.29 is 10.1 Å². The molecule has 2 nitrogen and oxygen atoms in total. The van der Waals surface area contributed by atoms with Gasteiger partial charge in [-0.2, -0.15) is 0 Å². The lowest BCUT2D eigenvalue weighted by Crippen LogP contribution is -2.25. The highest BCUT2D eigenvalue weighted by Gasteiger charge is 2.23. The predicted molar refractivity (Wildman–Crippen MR) is 48.7 cm³/mol. The van der Waals surface area contributed by atoms with Crippen LogP contribution in [-0.4, -0.2) is 11.4 Å². The molecule has 0 saturated carbocycles. The van der Waals surface area contributed by atoms with Gasteiger partial charge in [0.2, 0.25) is 0 Å². The summed E-state index contributed by atoms with van der Waals surface area (Å²) in [6.45, 7) is 6.24. The Morgan fingerprint density at radius 2 is 2.17 bits per heavy atom. The fourth-order valence-corrected chi connectivity index (χ4v) is 1.50. The van der Waals surface area contributed by atoms with Gasteiger partial charge < -0.3 is 0 Å². The highest BCUT2D eigenvalue weighted by Crippen LogP contribution is 2.25. The highest BCUT2D eigenvalue weighted by atomic mass is 17.1. The summed E-state index contributed by atoms with van der Waals surface area (Å²) in [7, 11) is 0. The van der Waals surface area contributed by atoms with E-state index in [1.165, 1.54) is 0 Å². The number of hydrogen-bond donors (Lipinski definition) is 1. The molecule has 0 amide bonds. The molecule has 0 saturated heterocycles. The number of hydrogen-bond acceptors (Lipinski definition) is 2. The Bertz CT molecular complexity index is 204. The minimum absolute atomic E-state index is 0.171. The molecule has 0 bridgehead atoms. The Morgan fingerprint density at radius 3 is 2.67 bits per heavy atom. The average Bonchev–Trinajstić information content (AvgIpc) is 2.03. The van der Waals surface area contributed by atoms with Crippen LogP contribution in [0.2, 0.25) is 0 Å². The van der Waals surface area contributed by atoms with Crippen LogP contribution in [0.1, 0.15) is 20.8 Å². The van der Waals surface area contributed by atoms with E-state index >= 15 is 0 Å². The van der Waals surface area contributed by atoms with Crippen LogP contribution >= 0.6 is 0 Å². The summed E-state index contributed by atoms with van der Waals surface area (Å²) >= 11 is 0. The third kappa shape index (κ3) is 1.96. The lowest BCUT2D eigenvalue weighted by atomic mass is 9.86. The quantitative estimate of drug-likeness (QED) is 0.507. The Hall–Kier alpha value is -0.600. The Kier molecular flexibility index (Phi) is 3.06. The van der Waals surface area contributed by atoms with Crippen molar-refractivity contribution in [1.29, 1.82) is 0 Å². The fraction of sp³-hybridized carbons (Fsp3) is 0.600. The van der Waals surface area contributed by atoms with Gasteiger partial charge in [0.25, 0.3) is 0 Å².